The molecule has 7 heteroatoms. The van der Waals surface area contributed by atoms with Crippen molar-refractivity contribution in [2.45, 2.75) is 13.8 Å². The van der Waals surface area contributed by atoms with Gasteiger partial charge in [0.2, 0.25) is 0 Å². The van der Waals surface area contributed by atoms with Gasteiger partial charge in [0.15, 0.2) is 11.5 Å². The number of imidazole rings is 1. The molecule has 24 heavy (non-hydrogen) atoms. The minimum absolute atomic E-state index is 0.304. The zero-order valence-corrected chi connectivity index (χ0v) is 13.3. The number of carbonyl (C=O) groups is 1. The van der Waals surface area contributed by atoms with Crippen molar-refractivity contribution in [3.63, 3.8) is 0 Å². The number of fused-ring (bicyclic) bond motifs is 2. The lowest BCUT2D eigenvalue weighted by molar-refractivity contribution is 0.0528. The van der Waals surface area contributed by atoms with Crippen LogP contribution in [0.5, 0.6) is 0 Å². The van der Waals surface area contributed by atoms with Gasteiger partial charge in [0.05, 0.1) is 23.8 Å². The van der Waals surface area contributed by atoms with Crippen molar-refractivity contribution in [3.8, 4) is 11.5 Å². The average molecular weight is 321 g/mol. The lowest BCUT2D eigenvalue weighted by Crippen LogP contribution is -2.06. The molecule has 0 unspecified atom stereocenters. The number of esters is 1. The van der Waals surface area contributed by atoms with E-state index in [9.17, 15) is 4.79 Å². The SMILES string of the molecule is CCOC(=O)c1cnn2c(C)cc(-c3nc4ccccc4[nH]3)nc12. The summed E-state index contributed by atoms with van der Waals surface area (Å²) < 4.78 is 6.70. The molecule has 0 aliphatic carbocycles. The second kappa shape index (κ2) is 5.45. The number of nitrogens with one attached hydrogen (secondary N) is 1. The zero-order valence-electron chi connectivity index (χ0n) is 13.3. The van der Waals surface area contributed by atoms with Gasteiger partial charge in [0.25, 0.3) is 0 Å². The molecule has 120 valence electrons. The van der Waals surface area contributed by atoms with E-state index in [4.69, 9.17) is 4.74 Å². The standard InChI is InChI=1S/C17H15N5O2/c1-3-24-17(23)11-9-18-22-10(2)8-14(21-16(11)22)15-19-12-6-4-5-7-13(12)20-15/h4-9H,3H2,1-2H3,(H,19,20). The molecular formula is C17H15N5O2. The summed E-state index contributed by atoms with van der Waals surface area (Å²) in [5.74, 6) is 0.221. The number of rotatable bonds is 3. The van der Waals surface area contributed by atoms with E-state index in [1.165, 1.54) is 6.20 Å². The third-order valence-electron chi connectivity index (χ3n) is 3.78. The normalized spacial score (nSPS) is 11.2. The molecule has 0 fully saturated rings. The van der Waals surface area contributed by atoms with E-state index in [0.29, 0.717) is 29.3 Å². The molecular weight excluding hydrogens is 306 g/mol. The summed E-state index contributed by atoms with van der Waals surface area (Å²) in [4.78, 5) is 24.5. The largest absolute Gasteiger partial charge is 0.462 e. The van der Waals surface area contributed by atoms with E-state index in [0.717, 1.165) is 16.7 Å². The molecule has 4 aromatic rings. The summed E-state index contributed by atoms with van der Waals surface area (Å²) >= 11 is 0. The Morgan fingerprint density at radius 3 is 2.92 bits per heavy atom. The van der Waals surface area contributed by atoms with Crippen molar-refractivity contribution in [1.29, 1.82) is 0 Å². The van der Waals surface area contributed by atoms with Gasteiger partial charge in [-0.25, -0.2) is 19.3 Å². The van der Waals surface area contributed by atoms with Crippen molar-refractivity contribution in [1.82, 2.24) is 24.6 Å². The topological polar surface area (TPSA) is 85.2 Å². The Morgan fingerprint density at radius 2 is 2.12 bits per heavy atom. The molecule has 0 saturated carbocycles. The molecule has 1 aromatic carbocycles. The van der Waals surface area contributed by atoms with Crippen molar-refractivity contribution in [2.75, 3.05) is 6.61 Å². The second-order valence-electron chi connectivity index (χ2n) is 5.40. The monoisotopic (exact) mass is 321 g/mol. The van der Waals surface area contributed by atoms with Gasteiger partial charge in [-0.3, -0.25) is 0 Å². The first-order valence-electron chi connectivity index (χ1n) is 7.65. The van der Waals surface area contributed by atoms with E-state index >= 15 is 0 Å². The van der Waals surface area contributed by atoms with Crippen LogP contribution in [0.1, 0.15) is 23.0 Å². The Labute approximate surface area is 137 Å². The van der Waals surface area contributed by atoms with Gasteiger partial charge < -0.3 is 9.72 Å². The zero-order chi connectivity index (χ0) is 16.7. The maximum Gasteiger partial charge on any atom is 0.343 e. The second-order valence-corrected chi connectivity index (χ2v) is 5.40. The van der Waals surface area contributed by atoms with Gasteiger partial charge >= 0.3 is 5.97 Å². The summed E-state index contributed by atoms with van der Waals surface area (Å²) in [6.07, 6.45) is 1.48. The Kier molecular flexibility index (Phi) is 3.26. The smallest absolute Gasteiger partial charge is 0.343 e. The van der Waals surface area contributed by atoms with Crippen LogP contribution >= 0.6 is 0 Å². The number of hydrogen-bond acceptors (Lipinski definition) is 5. The number of H-pyrrole nitrogens is 1. The number of aromatic amines is 1. The Hall–Kier alpha value is -3.22. The van der Waals surface area contributed by atoms with Crippen LogP contribution in [0.2, 0.25) is 0 Å². The molecule has 0 bridgehead atoms. The van der Waals surface area contributed by atoms with E-state index in [-0.39, 0.29) is 0 Å². The molecule has 1 N–H and O–H groups in total. The van der Waals surface area contributed by atoms with E-state index < -0.39 is 5.97 Å². The maximum absolute atomic E-state index is 12.1. The summed E-state index contributed by atoms with van der Waals surface area (Å²) in [6.45, 7) is 3.98. The molecule has 3 heterocycles. The predicted octanol–water partition coefficient (Wildman–Crippen LogP) is 2.76. The summed E-state index contributed by atoms with van der Waals surface area (Å²) in [6, 6.07) is 9.66. The van der Waals surface area contributed by atoms with Crippen LogP contribution < -0.4 is 0 Å². The molecule has 0 atom stereocenters. The number of aryl methyl sites for hydroxylation is 1. The van der Waals surface area contributed by atoms with Crippen LogP contribution in [-0.2, 0) is 4.74 Å². The molecule has 3 aromatic heterocycles. The van der Waals surface area contributed by atoms with Crippen molar-refractivity contribution in [3.05, 3.63) is 47.8 Å². The summed E-state index contributed by atoms with van der Waals surface area (Å²) in [5.41, 5.74) is 4.12. The number of ether oxygens (including phenoxy) is 1. The average Bonchev–Trinajstić information content (AvgIpc) is 3.19. The number of hydrogen-bond donors (Lipinski definition) is 1. The molecule has 0 spiro atoms. The number of benzene rings is 1. The first kappa shape index (κ1) is 14.4. The first-order valence-corrected chi connectivity index (χ1v) is 7.65. The molecule has 0 aliphatic rings. The maximum atomic E-state index is 12.1. The highest BCUT2D eigenvalue weighted by atomic mass is 16.5. The minimum atomic E-state index is -0.429. The fraction of sp³-hybridized carbons (Fsp3) is 0.176. The highest BCUT2D eigenvalue weighted by Gasteiger charge is 2.18. The number of carbonyl (C=O) groups excluding carboxylic acids is 1. The highest BCUT2D eigenvalue weighted by Crippen LogP contribution is 2.22. The van der Waals surface area contributed by atoms with Crippen LogP contribution in [-0.4, -0.2) is 37.1 Å². The van der Waals surface area contributed by atoms with Gasteiger partial charge in [-0.05, 0) is 32.0 Å². The number of aromatic nitrogens is 5. The Morgan fingerprint density at radius 1 is 1.29 bits per heavy atom. The lowest BCUT2D eigenvalue weighted by atomic mass is 10.3. The van der Waals surface area contributed by atoms with Gasteiger partial charge in [-0.2, -0.15) is 5.10 Å². The fourth-order valence-electron chi connectivity index (χ4n) is 2.66. The molecule has 0 aliphatic heterocycles. The molecule has 0 radical (unpaired) electrons. The van der Waals surface area contributed by atoms with Crippen LogP contribution in [0.15, 0.2) is 36.5 Å². The molecule has 0 saturated heterocycles. The molecule has 4 rings (SSSR count). The van der Waals surface area contributed by atoms with E-state index in [2.05, 4.69) is 20.1 Å². The van der Waals surface area contributed by atoms with Crippen molar-refractivity contribution >= 4 is 22.6 Å². The van der Waals surface area contributed by atoms with E-state index in [1.54, 1.807) is 11.4 Å². The van der Waals surface area contributed by atoms with E-state index in [1.807, 2.05) is 37.3 Å². The predicted molar refractivity (Wildman–Crippen MR) is 88.8 cm³/mol. The van der Waals surface area contributed by atoms with Crippen LogP contribution in [0.25, 0.3) is 28.2 Å². The lowest BCUT2D eigenvalue weighted by Gasteiger charge is -2.04. The Bertz CT molecular complexity index is 1030. The summed E-state index contributed by atoms with van der Waals surface area (Å²) in [5, 5.41) is 4.22. The number of para-hydroxylation sites is 2. The van der Waals surface area contributed by atoms with Gasteiger partial charge in [0.1, 0.15) is 11.3 Å². The Balaban J connectivity index is 1.89. The van der Waals surface area contributed by atoms with Gasteiger partial charge in [0, 0.05) is 5.69 Å². The summed E-state index contributed by atoms with van der Waals surface area (Å²) in [7, 11) is 0. The first-order chi connectivity index (χ1) is 11.7. The minimum Gasteiger partial charge on any atom is -0.462 e. The van der Waals surface area contributed by atoms with Crippen LogP contribution in [0.3, 0.4) is 0 Å². The third-order valence-corrected chi connectivity index (χ3v) is 3.78. The number of nitrogens with zero attached hydrogens (tertiary/aromatic N) is 4. The van der Waals surface area contributed by atoms with Crippen molar-refractivity contribution < 1.29 is 9.53 Å². The highest BCUT2D eigenvalue weighted by molar-refractivity contribution is 5.96. The van der Waals surface area contributed by atoms with Crippen molar-refractivity contribution in [2.24, 2.45) is 0 Å². The van der Waals surface area contributed by atoms with Crippen LogP contribution in [0, 0.1) is 6.92 Å². The van der Waals surface area contributed by atoms with Crippen LogP contribution in [0.4, 0.5) is 0 Å². The van der Waals surface area contributed by atoms with Gasteiger partial charge in [-0.1, -0.05) is 12.1 Å². The molecule has 0 amide bonds. The molecule has 7 nitrogen and oxygen atoms in total. The fourth-order valence-corrected chi connectivity index (χ4v) is 2.66. The quantitative estimate of drug-likeness (QED) is 0.586. The van der Waals surface area contributed by atoms with Gasteiger partial charge in [-0.15, -0.1) is 0 Å². The third kappa shape index (κ3) is 2.21.